The predicted octanol–water partition coefficient (Wildman–Crippen LogP) is 5.71. The molecule has 1 unspecified atom stereocenters. The summed E-state index contributed by atoms with van der Waals surface area (Å²) in [5.41, 5.74) is 1.10. The third-order valence-corrected chi connectivity index (χ3v) is 8.18. The summed E-state index contributed by atoms with van der Waals surface area (Å²) >= 11 is 0. The average molecular weight is 543 g/mol. The Hall–Kier alpha value is -3.14. The summed E-state index contributed by atoms with van der Waals surface area (Å²) in [4.78, 5) is 22.6. The van der Waals surface area contributed by atoms with E-state index in [2.05, 4.69) is 20.2 Å². The fourth-order valence-corrected chi connectivity index (χ4v) is 5.81. The largest absolute Gasteiger partial charge is 0.416 e. The molecule has 1 atom stereocenters. The highest BCUT2D eigenvalue weighted by Gasteiger charge is 2.32. The van der Waals surface area contributed by atoms with Crippen molar-refractivity contribution in [2.75, 3.05) is 31.1 Å². The van der Waals surface area contributed by atoms with Gasteiger partial charge in [0.05, 0.1) is 10.9 Å². The van der Waals surface area contributed by atoms with Crippen molar-refractivity contribution in [2.45, 2.75) is 70.1 Å². The minimum atomic E-state index is -4.36. The summed E-state index contributed by atoms with van der Waals surface area (Å²) in [5.74, 6) is 0.715. The average Bonchev–Trinajstić information content (AvgIpc) is 3.24. The SMILES string of the molecule is CC(c1cccc(C(F)(F)F)c1)N1CCC(NC(=O)c2nn(C)c3nc(N4CCCCCCC4)ccc23)CC1. The number of pyridine rings is 1. The summed E-state index contributed by atoms with van der Waals surface area (Å²) in [6, 6.07) is 9.34. The van der Waals surface area contributed by atoms with Crippen molar-refractivity contribution in [1.29, 1.82) is 0 Å². The van der Waals surface area contributed by atoms with Crippen molar-refractivity contribution in [3.05, 3.63) is 53.2 Å². The van der Waals surface area contributed by atoms with Gasteiger partial charge >= 0.3 is 6.18 Å². The van der Waals surface area contributed by atoms with Gasteiger partial charge in [0.25, 0.3) is 5.91 Å². The number of nitrogens with one attached hydrogen (secondary N) is 1. The Kier molecular flexibility index (Phi) is 8.11. The molecular formula is C29H37F3N6O. The number of carbonyl (C=O) groups excluding carboxylic acids is 1. The lowest BCUT2D eigenvalue weighted by Gasteiger charge is -2.36. The maximum Gasteiger partial charge on any atom is 0.416 e. The summed E-state index contributed by atoms with van der Waals surface area (Å²) in [5, 5.41) is 8.38. The third-order valence-electron chi connectivity index (χ3n) is 8.18. The van der Waals surface area contributed by atoms with E-state index >= 15 is 0 Å². The number of rotatable bonds is 5. The standard InChI is InChI=1S/C29H37F3N6O/c1-20(21-9-8-10-22(19-21)29(30,31)32)37-17-13-23(14-18-37)33-28(39)26-24-11-12-25(34-27(24)36(2)35-26)38-15-6-4-3-5-7-16-38/h8-12,19-20,23H,3-7,13-18H2,1-2H3,(H,33,39). The van der Waals surface area contributed by atoms with Gasteiger partial charge in [-0.25, -0.2) is 9.67 Å². The Morgan fingerprint density at radius 3 is 2.38 bits per heavy atom. The Bertz CT molecular complexity index is 1290. The van der Waals surface area contributed by atoms with Crippen LogP contribution in [0.2, 0.25) is 0 Å². The van der Waals surface area contributed by atoms with Crippen LogP contribution in [0.15, 0.2) is 36.4 Å². The van der Waals surface area contributed by atoms with E-state index < -0.39 is 11.7 Å². The molecule has 2 fully saturated rings. The highest BCUT2D eigenvalue weighted by Crippen LogP contribution is 2.32. The van der Waals surface area contributed by atoms with Gasteiger partial charge in [-0.1, -0.05) is 31.4 Å². The molecule has 1 N–H and O–H groups in total. The van der Waals surface area contributed by atoms with Crippen LogP contribution in [0.4, 0.5) is 19.0 Å². The van der Waals surface area contributed by atoms with Gasteiger partial charge in [-0.2, -0.15) is 18.3 Å². The molecule has 0 spiro atoms. The quantitative estimate of drug-likeness (QED) is 0.447. The van der Waals surface area contributed by atoms with E-state index in [0.717, 1.165) is 56.0 Å². The molecule has 0 aliphatic carbocycles. The molecule has 7 nitrogen and oxygen atoms in total. The first-order chi connectivity index (χ1) is 18.7. The minimum Gasteiger partial charge on any atom is -0.357 e. The predicted molar refractivity (Wildman–Crippen MR) is 146 cm³/mol. The van der Waals surface area contributed by atoms with Crippen molar-refractivity contribution in [1.82, 2.24) is 25.0 Å². The molecular weight excluding hydrogens is 505 g/mol. The van der Waals surface area contributed by atoms with E-state index in [1.165, 1.54) is 31.4 Å². The van der Waals surface area contributed by atoms with E-state index in [1.54, 1.807) is 10.7 Å². The fraction of sp³-hybridized carbons (Fsp3) is 0.552. The summed E-state index contributed by atoms with van der Waals surface area (Å²) in [6.45, 7) is 5.30. The Balaban J connectivity index is 1.21. The number of alkyl halides is 3. The number of fused-ring (bicyclic) bond motifs is 1. The van der Waals surface area contributed by atoms with Crippen LogP contribution in [-0.2, 0) is 13.2 Å². The molecule has 0 radical (unpaired) electrons. The van der Waals surface area contributed by atoms with Gasteiger partial charge in [-0.15, -0.1) is 0 Å². The van der Waals surface area contributed by atoms with Crippen molar-refractivity contribution in [3.8, 4) is 0 Å². The number of halogens is 3. The van der Waals surface area contributed by atoms with E-state index in [0.29, 0.717) is 30.0 Å². The number of hydrogen-bond donors (Lipinski definition) is 1. The van der Waals surface area contributed by atoms with Gasteiger partial charge in [0, 0.05) is 45.3 Å². The lowest BCUT2D eigenvalue weighted by Crippen LogP contribution is -2.45. The van der Waals surface area contributed by atoms with Gasteiger partial charge in [-0.05, 0) is 62.4 Å². The van der Waals surface area contributed by atoms with Gasteiger partial charge in [0.15, 0.2) is 11.3 Å². The first kappa shape index (κ1) is 27.4. The summed E-state index contributed by atoms with van der Waals surface area (Å²) < 4.78 is 41.1. The lowest BCUT2D eigenvalue weighted by molar-refractivity contribution is -0.137. The Labute approximate surface area is 227 Å². The smallest absolute Gasteiger partial charge is 0.357 e. The Morgan fingerprint density at radius 2 is 1.69 bits per heavy atom. The highest BCUT2D eigenvalue weighted by molar-refractivity contribution is 6.04. The van der Waals surface area contributed by atoms with Crippen LogP contribution in [-0.4, -0.2) is 57.8 Å². The molecule has 5 rings (SSSR count). The molecule has 3 aromatic rings. The summed E-state index contributed by atoms with van der Waals surface area (Å²) in [7, 11) is 1.82. The number of anilines is 1. The number of aryl methyl sites for hydroxylation is 1. The maximum atomic E-state index is 13.2. The number of carbonyl (C=O) groups is 1. The zero-order valence-corrected chi connectivity index (χ0v) is 22.7. The van der Waals surface area contributed by atoms with Gasteiger partial charge in [-0.3, -0.25) is 9.69 Å². The highest BCUT2D eigenvalue weighted by atomic mass is 19.4. The summed E-state index contributed by atoms with van der Waals surface area (Å²) in [6.07, 6.45) is 3.21. The topological polar surface area (TPSA) is 66.3 Å². The normalized spacial score (nSPS) is 19.1. The number of likely N-dealkylation sites (tertiary alicyclic amines) is 1. The van der Waals surface area contributed by atoms with Crippen LogP contribution in [0.1, 0.15) is 79.5 Å². The number of amides is 1. The Morgan fingerprint density at radius 1 is 1.00 bits per heavy atom. The minimum absolute atomic E-state index is 0.0206. The van der Waals surface area contributed by atoms with Crippen molar-refractivity contribution < 1.29 is 18.0 Å². The van der Waals surface area contributed by atoms with Crippen LogP contribution in [0.5, 0.6) is 0 Å². The first-order valence-corrected chi connectivity index (χ1v) is 14.0. The van der Waals surface area contributed by atoms with Gasteiger partial charge < -0.3 is 10.2 Å². The van der Waals surface area contributed by atoms with Crippen LogP contribution in [0.3, 0.4) is 0 Å². The second-order valence-corrected chi connectivity index (χ2v) is 10.9. The van der Waals surface area contributed by atoms with Crippen LogP contribution in [0, 0.1) is 0 Å². The number of hydrogen-bond acceptors (Lipinski definition) is 5. The van der Waals surface area contributed by atoms with Crippen LogP contribution < -0.4 is 10.2 Å². The number of piperidine rings is 1. The molecule has 2 saturated heterocycles. The van der Waals surface area contributed by atoms with Crippen LogP contribution in [0.25, 0.3) is 11.0 Å². The fourth-order valence-electron chi connectivity index (χ4n) is 5.81. The van der Waals surface area contributed by atoms with Crippen molar-refractivity contribution >= 4 is 22.8 Å². The van der Waals surface area contributed by atoms with Gasteiger partial charge in [0.2, 0.25) is 0 Å². The molecule has 10 heteroatoms. The molecule has 2 aliphatic heterocycles. The molecule has 4 heterocycles. The lowest BCUT2D eigenvalue weighted by atomic mass is 9.98. The van der Waals surface area contributed by atoms with Gasteiger partial charge in [0.1, 0.15) is 5.82 Å². The number of benzene rings is 1. The number of aromatic nitrogens is 3. The van der Waals surface area contributed by atoms with Crippen molar-refractivity contribution in [2.24, 2.45) is 7.05 Å². The molecule has 2 aliphatic rings. The molecule has 1 aromatic carbocycles. The first-order valence-electron chi connectivity index (χ1n) is 14.0. The third kappa shape index (κ3) is 6.21. The van der Waals surface area contributed by atoms with E-state index in [-0.39, 0.29) is 18.0 Å². The molecule has 0 bridgehead atoms. The second kappa shape index (κ2) is 11.5. The zero-order chi connectivity index (χ0) is 27.6. The van der Waals surface area contributed by atoms with Crippen molar-refractivity contribution in [3.63, 3.8) is 0 Å². The monoisotopic (exact) mass is 542 g/mol. The van der Waals surface area contributed by atoms with E-state index in [1.807, 2.05) is 26.1 Å². The molecule has 1 amide bonds. The van der Waals surface area contributed by atoms with Crippen LogP contribution >= 0.6 is 0 Å². The zero-order valence-electron chi connectivity index (χ0n) is 22.7. The number of nitrogens with zero attached hydrogens (tertiary/aromatic N) is 5. The maximum absolute atomic E-state index is 13.2. The van der Waals surface area contributed by atoms with E-state index in [9.17, 15) is 18.0 Å². The van der Waals surface area contributed by atoms with E-state index in [4.69, 9.17) is 4.98 Å². The molecule has 39 heavy (non-hydrogen) atoms. The second-order valence-electron chi connectivity index (χ2n) is 10.9. The molecule has 2 aromatic heterocycles. The molecule has 0 saturated carbocycles. The molecule has 210 valence electrons.